The van der Waals surface area contributed by atoms with Gasteiger partial charge in [0, 0.05) is 25.3 Å². The summed E-state index contributed by atoms with van der Waals surface area (Å²) in [5.41, 5.74) is 0. The molecular weight excluding hydrogens is 584 g/mol. The third-order valence-corrected chi connectivity index (χ3v) is 5.81. The normalized spacial score (nSPS) is 14.4. The maximum atomic E-state index is 13.8. The molecule has 0 aliphatic carbocycles. The largest absolute Gasteiger partial charge is 1.00 e. The third-order valence-electron chi connectivity index (χ3n) is 3.81. The molecule has 6 nitrogen and oxygen atoms in total. The van der Waals surface area contributed by atoms with Crippen molar-refractivity contribution >= 4 is 26.0 Å². The molecule has 0 atom stereocenters. The van der Waals surface area contributed by atoms with Crippen molar-refractivity contribution in [2.45, 2.75) is 49.1 Å². The zero-order valence-electron chi connectivity index (χ0n) is 17.3. The van der Waals surface area contributed by atoms with Crippen LogP contribution in [0.25, 0.3) is 0 Å². The molecule has 0 rings (SSSR count). The molecule has 0 spiro atoms. The minimum Gasteiger partial charge on any atom is -0.739 e. The first-order valence-electron chi connectivity index (χ1n) is 8.28. The third kappa shape index (κ3) is 8.05. The first kappa shape index (κ1) is 36.8. The van der Waals surface area contributed by atoms with Crippen molar-refractivity contribution in [1.82, 2.24) is 4.90 Å². The van der Waals surface area contributed by atoms with Crippen LogP contribution in [0.4, 0.5) is 61.9 Å². The van der Waals surface area contributed by atoms with Crippen LogP contribution in [0.1, 0.15) is 13.3 Å². The summed E-state index contributed by atoms with van der Waals surface area (Å²) < 4.78 is 206. The Bertz CT molecular complexity index is 823. The summed E-state index contributed by atoms with van der Waals surface area (Å²) >= 11 is 0. The molecule has 0 aromatic heterocycles. The molecule has 0 N–H and O–H groups in total. The van der Waals surface area contributed by atoms with Crippen molar-refractivity contribution in [2.75, 3.05) is 25.4 Å². The molecule has 0 bridgehead atoms. The van der Waals surface area contributed by atoms with E-state index in [1.807, 2.05) is 0 Å². The molecule has 0 unspecified atom stereocenters. The summed E-state index contributed by atoms with van der Waals surface area (Å²) in [5, 5.41) is 0. The van der Waals surface area contributed by atoms with Crippen molar-refractivity contribution in [1.29, 1.82) is 0 Å². The molecule has 1 amide bonds. The predicted molar refractivity (Wildman–Crippen MR) is 86.2 cm³/mol. The Balaban J connectivity index is 0. The van der Waals surface area contributed by atoms with E-state index >= 15 is 0 Å². The summed E-state index contributed by atoms with van der Waals surface area (Å²) in [6, 6.07) is 0. The fraction of sp³-hybridized carbons (Fsp3) is 0.923. The average molecular weight is 597 g/mol. The molecule has 0 aromatic rings. The van der Waals surface area contributed by atoms with E-state index in [-0.39, 0.29) is 34.5 Å². The van der Waals surface area contributed by atoms with Crippen molar-refractivity contribution in [3.8, 4) is 0 Å². The molecule has 204 valence electrons. The van der Waals surface area contributed by atoms with Gasteiger partial charge in [0.25, 0.3) is 0 Å². The zero-order chi connectivity index (χ0) is 27.6. The Kier molecular flexibility index (Phi) is 12.6. The van der Waals surface area contributed by atoms with Crippen LogP contribution in [-0.4, -0.2) is 85.2 Å². The number of amides is 1. The van der Waals surface area contributed by atoms with Crippen molar-refractivity contribution in [3.05, 3.63) is 0 Å². The van der Waals surface area contributed by atoms with Crippen LogP contribution in [0.3, 0.4) is 0 Å². The van der Waals surface area contributed by atoms with E-state index in [4.69, 9.17) is 0 Å². The van der Waals surface area contributed by atoms with Crippen LogP contribution < -0.4 is 29.6 Å². The number of nitrogens with zero attached hydrogens (tertiary/aromatic N) is 1. The van der Waals surface area contributed by atoms with Crippen LogP contribution in [0.5, 0.6) is 0 Å². The SMILES string of the molecule is CCOC(=O)N(CCSS(=O)(=O)[O-])CCC(F)(F)C(F)(F)C(F)(F)C(F)(F)C(F)(F)C(F)(F)F.[Na+]. The maximum absolute atomic E-state index is 13.8. The van der Waals surface area contributed by atoms with Gasteiger partial charge in [-0.2, -0.15) is 57.1 Å². The van der Waals surface area contributed by atoms with Gasteiger partial charge in [-0.15, -0.1) is 0 Å². The van der Waals surface area contributed by atoms with Gasteiger partial charge in [0.2, 0.25) is 0 Å². The molecule has 0 aromatic carbocycles. The van der Waals surface area contributed by atoms with Gasteiger partial charge < -0.3 is 14.2 Å². The number of hydrogen-bond donors (Lipinski definition) is 0. The second-order valence-corrected chi connectivity index (χ2v) is 9.56. The molecule has 0 saturated heterocycles. The molecule has 0 aliphatic heterocycles. The summed E-state index contributed by atoms with van der Waals surface area (Å²) in [6.07, 6.45) is -11.9. The summed E-state index contributed by atoms with van der Waals surface area (Å²) in [5.74, 6) is -38.7. The van der Waals surface area contributed by atoms with Gasteiger partial charge in [-0.25, -0.2) is 13.2 Å². The predicted octanol–water partition coefficient (Wildman–Crippen LogP) is 1.77. The minimum atomic E-state index is -8.05. The quantitative estimate of drug-likeness (QED) is 0.148. The molecule has 0 heterocycles. The van der Waals surface area contributed by atoms with Gasteiger partial charge in [0.15, 0.2) is 0 Å². The molecule has 35 heavy (non-hydrogen) atoms. The number of carbonyl (C=O) groups excluding carboxylic acids is 1. The van der Waals surface area contributed by atoms with Gasteiger partial charge in [-0.1, -0.05) is 0 Å². The molecule has 0 aliphatic rings. The van der Waals surface area contributed by atoms with E-state index in [0.29, 0.717) is 0 Å². The number of halogens is 13. The zero-order valence-corrected chi connectivity index (χ0v) is 20.9. The smallest absolute Gasteiger partial charge is 0.739 e. The van der Waals surface area contributed by atoms with Gasteiger partial charge in [0.05, 0.1) is 6.61 Å². The monoisotopic (exact) mass is 597 g/mol. The maximum Gasteiger partial charge on any atom is 1.00 e. The fourth-order valence-corrected chi connectivity index (χ4v) is 3.33. The second kappa shape index (κ2) is 12.0. The van der Waals surface area contributed by atoms with Gasteiger partial charge >= 0.3 is 71.4 Å². The van der Waals surface area contributed by atoms with E-state index < -0.39 is 93.7 Å². The van der Waals surface area contributed by atoms with Crippen molar-refractivity contribution in [2.24, 2.45) is 0 Å². The summed E-state index contributed by atoms with van der Waals surface area (Å²) in [7, 11) is -5.44. The fourth-order valence-electron chi connectivity index (χ4n) is 1.99. The average Bonchev–Trinajstić information content (AvgIpc) is 2.62. The van der Waals surface area contributed by atoms with Gasteiger partial charge in [0.1, 0.15) is 9.15 Å². The van der Waals surface area contributed by atoms with Crippen LogP contribution in [-0.2, 0) is 13.9 Å². The number of alkyl halides is 13. The van der Waals surface area contributed by atoms with Crippen molar-refractivity contribution < 1.29 is 109 Å². The molecule has 0 fully saturated rings. The van der Waals surface area contributed by atoms with Crippen LogP contribution in [0, 0.1) is 0 Å². The van der Waals surface area contributed by atoms with Gasteiger partial charge in [-0.3, -0.25) is 0 Å². The van der Waals surface area contributed by atoms with Crippen LogP contribution in [0.2, 0.25) is 0 Å². The van der Waals surface area contributed by atoms with E-state index in [9.17, 15) is 74.8 Å². The Hall–Kier alpha value is -0.380. The minimum absolute atomic E-state index is 0. The Morgan fingerprint density at radius 3 is 1.63 bits per heavy atom. The van der Waals surface area contributed by atoms with Gasteiger partial charge in [-0.05, 0) is 17.7 Å². The van der Waals surface area contributed by atoms with Crippen molar-refractivity contribution in [3.63, 3.8) is 0 Å². The molecular formula is C13H13F13NNaO5S2. The van der Waals surface area contributed by atoms with E-state index in [2.05, 4.69) is 4.74 Å². The van der Waals surface area contributed by atoms with Crippen LogP contribution >= 0.6 is 10.8 Å². The first-order chi connectivity index (χ1) is 14.8. The number of carbonyl (C=O) groups is 1. The number of rotatable bonds is 12. The standard InChI is InChI=1S/C13H14F13NO5S2.Na/c1-2-32-7(28)27(5-6-33-34(29,30)31)4-3-8(14,15)9(16,17)10(18,19)11(20,21)12(22,23)13(24,25)26;/h2-6H2,1H3,(H,29,30,31);/q;+1/p-1. The molecule has 22 heteroatoms. The Morgan fingerprint density at radius 1 is 0.829 bits per heavy atom. The first-order valence-corrected chi connectivity index (χ1v) is 11.2. The second-order valence-electron chi connectivity index (χ2n) is 6.17. The Morgan fingerprint density at radius 2 is 1.26 bits per heavy atom. The number of hydrogen-bond acceptors (Lipinski definition) is 6. The summed E-state index contributed by atoms with van der Waals surface area (Å²) in [6.45, 7) is -2.21. The molecule has 0 radical (unpaired) electrons. The Labute approximate surface area is 214 Å². The van der Waals surface area contributed by atoms with E-state index in [0.717, 1.165) is 6.92 Å². The van der Waals surface area contributed by atoms with E-state index in [1.54, 1.807) is 0 Å². The molecule has 0 saturated carbocycles. The number of ether oxygens (including phenoxy) is 1. The summed E-state index contributed by atoms with van der Waals surface area (Å²) in [4.78, 5) is 11.6. The topological polar surface area (TPSA) is 86.7 Å². The van der Waals surface area contributed by atoms with Crippen LogP contribution in [0.15, 0.2) is 0 Å². The van der Waals surface area contributed by atoms with E-state index in [1.165, 1.54) is 0 Å².